The van der Waals surface area contributed by atoms with Crippen LogP contribution in [0.3, 0.4) is 0 Å². The lowest BCUT2D eigenvalue weighted by molar-refractivity contribution is 0.125. The van der Waals surface area contributed by atoms with Gasteiger partial charge in [-0.05, 0) is 63.8 Å². The van der Waals surface area contributed by atoms with Crippen LogP contribution >= 0.6 is 0 Å². The summed E-state index contributed by atoms with van der Waals surface area (Å²) < 4.78 is 0. The Hall–Kier alpha value is -2.74. The predicted molar refractivity (Wildman–Crippen MR) is 128 cm³/mol. The largest absolute Gasteiger partial charge is 0.321 e. The number of nitrogens with zero attached hydrogens (tertiary/aromatic N) is 2. The van der Waals surface area contributed by atoms with Crippen molar-refractivity contribution in [1.29, 1.82) is 0 Å². The van der Waals surface area contributed by atoms with Crippen LogP contribution in [0.25, 0.3) is 0 Å². The Morgan fingerprint density at radius 2 is 0.933 bits per heavy atom. The van der Waals surface area contributed by atoms with E-state index in [9.17, 15) is 0 Å². The summed E-state index contributed by atoms with van der Waals surface area (Å²) in [6.07, 6.45) is 0. The van der Waals surface area contributed by atoms with Gasteiger partial charge in [0.2, 0.25) is 0 Å². The van der Waals surface area contributed by atoms with Crippen molar-refractivity contribution in [2.45, 2.75) is 52.4 Å². The van der Waals surface area contributed by atoms with Crippen LogP contribution in [0, 0.1) is 5.41 Å². The summed E-state index contributed by atoms with van der Waals surface area (Å²) in [6, 6.07) is 26.5. The van der Waals surface area contributed by atoms with Gasteiger partial charge >= 0.3 is 0 Å². The summed E-state index contributed by atoms with van der Waals surface area (Å²) in [4.78, 5) is 4.91. The Labute approximate surface area is 181 Å². The molecule has 0 radical (unpaired) electrons. The molecule has 3 aromatic carbocycles. The third-order valence-corrected chi connectivity index (χ3v) is 8.59. The van der Waals surface area contributed by atoms with Crippen LogP contribution in [-0.4, -0.2) is 6.67 Å². The molecule has 0 N–H and O–H groups in total. The second-order valence-corrected chi connectivity index (χ2v) is 10.4. The first-order chi connectivity index (χ1) is 14.2. The predicted octanol–water partition coefficient (Wildman–Crippen LogP) is 7.53. The minimum Gasteiger partial charge on any atom is -0.321 e. The van der Waals surface area contributed by atoms with E-state index in [-0.39, 0.29) is 16.2 Å². The van der Waals surface area contributed by atoms with Crippen molar-refractivity contribution < 1.29 is 0 Å². The normalized spacial score (nSPS) is 20.2. The number of para-hydroxylation sites is 2. The summed E-state index contributed by atoms with van der Waals surface area (Å²) in [5.41, 5.74) is 8.45. The zero-order chi connectivity index (χ0) is 21.3. The van der Waals surface area contributed by atoms with Crippen LogP contribution in [0.1, 0.15) is 52.7 Å². The van der Waals surface area contributed by atoms with E-state index in [1.807, 2.05) is 0 Å². The van der Waals surface area contributed by atoms with Crippen molar-refractivity contribution in [2.24, 2.45) is 5.41 Å². The fourth-order valence-electron chi connectivity index (χ4n) is 5.45. The molecule has 2 aliphatic rings. The molecule has 1 aliphatic heterocycles. The van der Waals surface area contributed by atoms with E-state index in [0.717, 1.165) is 6.67 Å². The molecule has 0 amide bonds. The Morgan fingerprint density at radius 1 is 0.567 bits per heavy atom. The quantitative estimate of drug-likeness (QED) is 0.442. The van der Waals surface area contributed by atoms with Gasteiger partial charge in [0.25, 0.3) is 0 Å². The lowest BCUT2D eigenvalue weighted by Crippen LogP contribution is -2.42. The molecule has 30 heavy (non-hydrogen) atoms. The van der Waals surface area contributed by atoms with Crippen LogP contribution in [0.4, 0.5) is 22.7 Å². The Morgan fingerprint density at radius 3 is 1.30 bits per heavy atom. The van der Waals surface area contributed by atoms with Gasteiger partial charge in [0.1, 0.15) is 6.67 Å². The van der Waals surface area contributed by atoms with E-state index in [2.05, 4.69) is 124 Å². The van der Waals surface area contributed by atoms with E-state index >= 15 is 0 Å². The van der Waals surface area contributed by atoms with Gasteiger partial charge in [0.05, 0.1) is 11.4 Å². The van der Waals surface area contributed by atoms with E-state index in [4.69, 9.17) is 0 Å². The van der Waals surface area contributed by atoms with E-state index in [1.165, 1.54) is 33.9 Å². The summed E-state index contributed by atoms with van der Waals surface area (Å²) in [5, 5.41) is 0. The third-order valence-electron chi connectivity index (χ3n) is 8.59. The summed E-state index contributed by atoms with van der Waals surface area (Å²) in [5.74, 6) is 0. The van der Waals surface area contributed by atoms with Gasteiger partial charge in [0.15, 0.2) is 0 Å². The number of benzene rings is 3. The topological polar surface area (TPSA) is 6.48 Å². The molecule has 0 unspecified atom stereocenters. The molecule has 0 fully saturated rings. The summed E-state index contributed by atoms with van der Waals surface area (Å²) >= 11 is 0. The molecule has 5 rings (SSSR count). The first-order valence-electron chi connectivity index (χ1n) is 11.0. The molecule has 3 aromatic rings. The molecule has 2 heteroatoms. The fourth-order valence-corrected chi connectivity index (χ4v) is 5.45. The molecule has 0 bridgehead atoms. The molecule has 1 heterocycles. The van der Waals surface area contributed by atoms with Crippen molar-refractivity contribution in [3.63, 3.8) is 0 Å². The second kappa shape index (κ2) is 6.14. The number of rotatable bonds is 2. The van der Waals surface area contributed by atoms with Gasteiger partial charge in [0, 0.05) is 11.4 Å². The summed E-state index contributed by atoms with van der Waals surface area (Å²) in [6.45, 7) is 15.4. The van der Waals surface area contributed by atoms with Crippen molar-refractivity contribution >= 4 is 22.7 Å². The van der Waals surface area contributed by atoms with Gasteiger partial charge in [-0.3, -0.25) is 0 Å². The smallest absolute Gasteiger partial charge is 0.100 e. The van der Waals surface area contributed by atoms with E-state index in [1.54, 1.807) is 0 Å². The lowest BCUT2D eigenvalue weighted by atomic mass is 9.59. The van der Waals surface area contributed by atoms with Crippen molar-refractivity contribution in [3.8, 4) is 0 Å². The first-order valence-corrected chi connectivity index (χ1v) is 11.0. The molecular weight excluding hydrogens is 364 g/mol. The molecule has 0 atom stereocenters. The standard InChI is InChI=1S/C28H32N2/c1-26(2)22-17-24-25(18-23(22)27(3,4)28(26,5)6)30(21-15-11-8-12-16-21)19-29(24)20-13-9-7-10-14-20/h7-18H,19H2,1-6H3. The van der Waals surface area contributed by atoms with Gasteiger partial charge in [-0.15, -0.1) is 0 Å². The molecule has 0 saturated carbocycles. The summed E-state index contributed by atoms with van der Waals surface area (Å²) in [7, 11) is 0. The minimum atomic E-state index is 0.101. The van der Waals surface area contributed by atoms with Gasteiger partial charge in [-0.1, -0.05) is 77.9 Å². The SMILES string of the molecule is CC1(C)c2cc3c(cc2C(C)(C)C1(C)C)N(c1ccccc1)CN3c1ccccc1. The van der Waals surface area contributed by atoms with Crippen LogP contribution in [-0.2, 0) is 10.8 Å². The zero-order valence-electron chi connectivity index (χ0n) is 19.0. The number of fused-ring (bicyclic) bond motifs is 2. The first kappa shape index (κ1) is 19.2. The maximum Gasteiger partial charge on any atom is 0.100 e. The molecule has 0 saturated heterocycles. The molecule has 154 valence electrons. The number of hydrogen-bond acceptors (Lipinski definition) is 2. The van der Waals surface area contributed by atoms with Crippen molar-refractivity contribution in [2.75, 3.05) is 16.5 Å². The number of hydrogen-bond donors (Lipinski definition) is 0. The molecular formula is C28H32N2. The highest BCUT2D eigenvalue weighted by atomic mass is 15.4. The molecule has 1 aliphatic carbocycles. The Bertz CT molecular complexity index is 1010. The molecule has 2 nitrogen and oxygen atoms in total. The zero-order valence-corrected chi connectivity index (χ0v) is 19.0. The average Bonchev–Trinajstić information content (AvgIpc) is 3.16. The van der Waals surface area contributed by atoms with Crippen LogP contribution < -0.4 is 9.80 Å². The molecule has 0 spiro atoms. The van der Waals surface area contributed by atoms with Gasteiger partial charge < -0.3 is 9.80 Å². The Kier molecular flexibility index (Phi) is 3.93. The second-order valence-electron chi connectivity index (χ2n) is 10.4. The number of anilines is 4. The van der Waals surface area contributed by atoms with Crippen LogP contribution in [0.2, 0.25) is 0 Å². The minimum absolute atomic E-state index is 0.101. The third kappa shape index (κ3) is 2.37. The maximum absolute atomic E-state index is 2.48. The highest BCUT2D eigenvalue weighted by Crippen LogP contribution is 2.63. The van der Waals surface area contributed by atoms with Crippen LogP contribution in [0.15, 0.2) is 72.8 Å². The monoisotopic (exact) mass is 396 g/mol. The lowest BCUT2D eigenvalue weighted by Gasteiger charge is -2.44. The highest BCUT2D eigenvalue weighted by Gasteiger charge is 2.57. The molecule has 0 aromatic heterocycles. The highest BCUT2D eigenvalue weighted by molar-refractivity contribution is 5.88. The maximum atomic E-state index is 2.48. The Balaban J connectivity index is 1.76. The van der Waals surface area contributed by atoms with Gasteiger partial charge in [-0.25, -0.2) is 0 Å². The van der Waals surface area contributed by atoms with Crippen molar-refractivity contribution in [3.05, 3.63) is 83.9 Å². The van der Waals surface area contributed by atoms with Crippen molar-refractivity contribution in [1.82, 2.24) is 0 Å². The van der Waals surface area contributed by atoms with Gasteiger partial charge in [-0.2, -0.15) is 0 Å². The van der Waals surface area contributed by atoms with E-state index < -0.39 is 0 Å². The van der Waals surface area contributed by atoms with E-state index in [0.29, 0.717) is 0 Å². The average molecular weight is 397 g/mol. The van der Waals surface area contributed by atoms with Crippen LogP contribution in [0.5, 0.6) is 0 Å². The fraction of sp³-hybridized carbons (Fsp3) is 0.357.